The van der Waals surface area contributed by atoms with Crippen LogP contribution in [0.15, 0.2) is 48.6 Å². The predicted molar refractivity (Wildman–Crippen MR) is 282 cm³/mol. The minimum Gasteiger partial charge on any atom is -0.394 e. The van der Waals surface area contributed by atoms with E-state index in [1.54, 1.807) is 0 Å². The fourth-order valence-electron chi connectivity index (χ4n) is 8.74. The maximum absolute atomic E-state index is 12.5. The van der Waals surface area contributed by atoms with Crippen LogP contribution in [0.1, 0.15) is 296 Å². The first kappa shape index (κ1) is 62.3. The van der Waals surface area contributed by atoms with Crippen LogP contribution in [0.5, 0.6) is 0 Å². The van der Waals surface area contributed by atoms with Gasteiger partial charge in [0.15, 0.2) is 0 Å². The Hall–Kier alpha value is -1.69. The first-order valence-corrected chi connectivity index (χ1v) is 28.4. The van der Waals surface area contributed by atoms with Gasteiger partial charge in [-0.2, -0.15) is 0 Å². The van der Waals surface area contributed by atoms with E-state index in [0.717, 1.165) is 51.4 Å². The highest BCUT2D eigenvalue weighted by atomic mass is 16.3. The van der Waals surface area contributed by atoms with E-state index in [4.69, 9.17) is 0 Å². The van der Waals surface area contributed by atoms with Crippen molar-refractivity contribution in [3.63, 3.8) is 0 Å². The molecule has 4 N–H and O–H groups in total. The lowest BCUT2D eigenvalue weighted by Gasteiger charge is -2.26. The van der Waals surface area contributed by atoms with E-state index in [1.165, 1.54) is 218 Å². The average Bonchev–Trinajstić information content (AvgIpc) is 3.30. The molecule has 0 aromatic heterocycles. The normalized spacial score (nSPS) is 13.6. The van der Waals surface area contributed by atoms with Crippen LogP contribution in [0.4, 0.5) is 0 Å². The highest BCUT2D eigenvalue weighted by Crippen LogP contribution is 2.17. The SMILES string of the molecule is CCCCCC/C=C/CC/C=C/CCCC(O)C(O)C(CO)NC(=O)CCCCCCCCCCCCCCCCCCC/C=C\C/C=C\CCCCCCCCCCCCCCC. The summed E-state index contributed by atoms with van der Waals surface area (Å²) in [4.78, 5) is 12.5. The van der Waals surface area contributed by atoms with Crippen molar-refractivity contribution < 1.29 is 20.1 Å². The van der Waals surface area contributed by atoms with Gasteiger partial charge in [0.2, 0.25) is 5.91 Å². The number of aliphatic hydroxyl groups is 3. The fraction of sp³-hybridized carbons (Fsp3) is 0.847. The number of hydrogen-bond donors (Lipinski definition) is 4. The summed E-state index contributed by atoms with van der Waals surface area (Å²) in [6.07, 6.45) is 71.5. The van der Waals surface area contributed by atoms with Crippen LogP contribution in [0, 0.1) is 0 Å². The molecule has 0 saturated carbocycles. The summed E-state index contributed by atoms with van der Waals surface area (Å²) < 4.78 is 0. The van der Waals surface area contributed by atoms with Gasteiger partial charge < -0.3 is 20.6 Å². The molecule has 3 unspecified atom stereocenters. The summed E-state index contributed by atoms with van der Waals surface area (Å²) in [5.74, 6) is -0.157. The number of amides is 1. The average molecular weight is 899 g/mol. The molecule has 3 atom stereocenters. The van der Waals surface area contributed by atoms with Crippen molar-refractivity contribution in [2.75, 3.05) is 6.61 Å². The van der Waals surface area contributed by atoms with Gasteiger partial charge >= 0.3 is 0 Å². The number of rotatable bonds is 52. The summed E-state index contributed by atoms with van der Waals surface area (Å²) in [6, 6.07) is -0.832. The standard InChI is InChI=1S/C59H111NO4/c1-3-5-7-9-11-13-15-17-18-19-20-21-22-23-24-25-26-27-28-29-30-31-32-33-34-35-36-37-38-39-40-42-44-46-48-50-52-54-58(63)60-56(55-61)59(64)57(62)53-51-49-47-45-43-41-16-14-12-10-8-6-4-2/h14,16,24-25,27-28,45,47,56-57,59,61-62,64H,3-13,15,17-23,26,29-44,46,48-55H2,1-2H3,(H,60,63)/b16-14+,25-24-,28-27-,47-45+. The number of allylic oxidation sites excluding steroid dienone is 8. The zero-order valence-electron chi connectivity index (χ0n) is 42.9. The first-order chi connectivity index (χ1) is 31.6. The summed E-state index contributed by atoms with van der Waals surface area (Å²) in [5, 5.41) is 33.6. The van der Waals surface area contributed by atoms with Crippen LogP contribution in [0.3, 0.4) is 0 Å². The molecule has 0 heterocycles. The number of hydrogen-bond acceptors (Lipinski definition) is 4. The molecule has 0 aliphatic heterocycles. The molecular weight excluding hydrogens is 787 g/mol. The van der Waals surface area contributed by atoms with Gasteiger partial charge in [0.05, 0.1) is 18.8 Å². The van der Waals surface area contributed by atoms with E-state index in [2.05, 4.69) is 67.8 Å². The third-order valence-corrected chi connectivity index (χ3v) is 13.1. The maximum atomic E-state index is 12.5. The highest BCUT2D eigenvalue weighted by molar-refractivity contribution is 5.76. The Morgan fingerprint density at radius 2 is 0.688 bits per heavy atom. The molecule has 0 aliphatic carbocycles. The molecule has 64 heavy (non-hydrogen) atoms. The molecule has 5 nitrogen and oxygen atoms in total. The van der Waals surface area contributed by atoms with Crippen molar-refractivity contribution in [1.29, 1.82) is 0 Å². The van der Waals surface area contributed by atoms with E-state index in [0.29, 0.717) is 12.8 Å². The minimum atomic E-state index is -1.17. The van der Waals surface area contributed by atoms with Gasteiger partial charge in [-0.3, -0.25) is 4.79 Å². The first-order valence-electron chi connectivity index (χ1n) is 28.4. The van der Waals surface area contributed by atoms with Crippen LogP contribution >= 0.6 is 0 Å². The van der Waals surface area contributed by atoms with Crippen LogP contribution in [0.25, 0.3) is 0 Å². The molecule has 5 heteroatoms. The second-order valence-corrected chi connectivity index (χ2v) is 19.5. The molecule has 0 aromatic carbocycles. The Morgan fingerprint density at radius 1 is 0.391 bits per heavy atom. The molecule has 0 fully saturated rings. The fourth-order valence-corrected chi connectivity index (χ4v) is 8.74. The van der Waals surface area contributed by atoms with Gasteiger partial charge in [-0.05, 0) is 83.5 Å². The molecule has 1 amide bonds. The summed E-state index contributed by atoms with van der Waals surface area (Å²) >= 11 is 0. The van der Waals surface area contributed by atoms with Crippen molar-refractivity contribution >= 4 is 5.91 Å². The molecule has 0 aromatic rings. The molecule has 0 saturated heterocycles. The maximum Gasteiger partial charge on any atom is 0.220 e. The number of carbonyl (C=O) groups is 1. The van der Waals surface area contributed by atoms with Crippen molar-refractivity contribution in [2.24, 2.45) is 0 Å². The predicted octanol–water partition coefficient (Wildman–Crippen LogP) is 17.6. The zero-order valence-corrected chi connectivity index (χ0v) is 42.9. The topological polar surface area (TPSA) is 89.8 Å². The Kier molecular flexibility index (Phi) is 52.5. The van der Waals surface area contributed by atoms with Crippen molar-refractivity contribution in [3.05, 3.63) is 48.6 Å². The Bertz CT molecular complexity index is 1040. The highest BCUT2D eigenvalue weighted by Gasteiger charge is 2.26. The van der Waals surface area contributed by atoms with Gasteiger partial charge in [-0.15, -0.1) is 0 Å². The molecule has 0 radical (unpaired) electrons. The zero-order chi connectivity index (χ0) is 46.5. The monoisotopic (exact) mass is 898 g/mol. The van der Waals surface area contributed by atoms with Gasteiger partial charge in [-0.25, -0.2) is 0 Å². The van der Waals surface area contributed by atoms with E-state index in [-0.39, 0.29) is 12.5 Å². The van der Waals surface area contributed by atoms with Gasteiger partial charge in [-0.1, -0.05) is 255 Å². The van der Waals surface area contributed by atoms with E-state index >= 15 is 0 Å². The van der Waals surface area contributed by atoms with Gasteiger partial charge in [0.1, 0.15) is 6.10 Å². The summed E-state index contributed by atoms with van der Waals surface area (Å²) in [5.41, 5.74) is 0. The van der Waals surface area contributed by atoms with Crippen LogP contribution < -0.4 is 5.32 Å². The lowest BCUT2D eigenvalue weighted by Crippen LogP contribution is -2.50. The number of aliphatic hydroxyl groups excluding tert-OH is 3. The quantitative estimate of drug-likeness (QED) is 0.0362. The van der Waals surface area contributed by atoms with Crippen molar-refractivity contribution in [1.82, 2.24) is 5.32 Å². The number of unbranched alkanes of at least 4 members (excludes halogenated alkanes) is 36. The molecule has 0 bridgehead atoms. The lowest BCUT2D eigenvalue weighted by molar-refractivity contribution is -0.124. The Balaban J connectivity index is 3.49. The Labute approximate surface area is 399 Å². The number of nitrogens with one attached hydrogen (secondary N) is 1. The largest absolute Gasteiger partial charge is 0.394 e. The number of carbonyl (C=O) groups excluding carboxylic acids is 1. The summed E-state index contributed by atoms with van der Waals surface area (Å²) in [7, 11) is 0. The Morgan fingerprint density at radius 3 is 1.06 bits per heavy atom. The molecule has 0 aliphatic rings. The lowest BCUT2D eigenvalue weighted by atomic mass is 10.0. The van der Waals surface area contributed by atoms with Crippen LogP contribution in [0.2, 0.25) is 0 Å². The second kappa shape index (κ2) is 53.9. The molecular formula is C59H111NO4. The van der Waals surface area contributed by atoms with E-state index in [1.807, 2.05) is 0 Å². The van der Waals surface area contributed by atoms with Crippen molar-refractivity contribution in [3.8, 4) is 0 Å². The molecule has 0 spiro atoms. The van der Waals surface area contributed by atoms with E-state index in [9.17, 15) is 20.1 Å². The van der Waals surface area contributed by atoms with Crippen LogP contribution in [-0.2, 0) is 4.79 Å². The summed E-state index contributed by atoms with van der Waals surface area (Å²) in [6.45, 7) is 4.15. The third kappa shape index (κ3) is 48.2. The van der Waals surface area contributed by atoms with E-state index < -0.39 is 18.2 Å². The molecule has 376 valence electrons. The van der Waals surface area contributed by atoms with Crippen molar-refractivity contribution in [2.45, 2.75) is 315 Å². The van der Waals surface area contributed by atoms with Gasteiger partial charge in [0.25, 0.3) is 0 Å². The second-order valence-electron chi connectivity index (χ2n) is 19.5. The minimum absolute atomic E-state index is 0.157. The van der Waals surface area contributed by atoms with Crippen LogP contribution in [-0.4, -0.2) is 46.1 Å². The molecule has 0 rings (SSSR count). The third-order valence-electron chi connectivity index (χ3n) is 13.1. The smallest absolute Gasteiger partial charge is 0.220 e. The van der Waals surface area contributed by atoms with Gasteiger partial charge in [0, 0.05) is 6.42 Å².